The van der Waals surface area contributed by atoms with Gasteiger partial charge in [-0.15, -0.1) is 0 Å². The van der Waals surface area contributed by atoms with E-state index >= 15 is 0 Å². The molecule has 1 unspecified atom stereocenters. The second kappa shape index (κ2) is 5.98. The van der Waals surface area contributed by atoms with Crippen LogP contribution in [0.5, 0.6) is 0 Å². The van der Waals surface area contributed by atoms with Gasteiger partial charge in [-0.3, -0.25) is 4.79 Å². The summed E-state index contributed by atoms with van der Waals surface area (Å²) in [5, 5.41) is 11.5. The van der Waals surface area contributed by atoms with Crippen LogP contribution in [0.3, 0.4) is 0 Å². The first-order valence-electron chi connectivity index (χ1n) is 5.55. The van der Waals surface area contributed by atoms with Gasteiger partial charge in [0, 0.05) is 12.1 Å². The van der Waals surface area contributed by atoms with Gasteiger partial charge in [-0.2, -0.15) is 0 Å². The van der Waals surface area contributed by atoms with E-state index in [0.29, 0.717) is 0 Å². The van der Waals surface area contributed by atoms with Gasteiger partial charge in [-0.25, -0.2) is 9.78 Å². The summed E-state index contributed by atoms with van der Waals surface area (Å²) >= 11 is 0. The lowest BCUT2D eigenvalue weighted by Crippen LogP contribution is -2.22. The summed E-state index contributed by atoms with van der Waals surface area (Å²) in [5.74, 6) is -1.46. The number of nitrogens with zero attached hydrogens (tertiary/aromatic N) is 1. The Bertz CT molecular complexity index is 418. The summed E-state index contributed by atoms with van der Waals surface area (Å²) in [7, 11) is 0. The summed E-state index contributed by atoms with van der Waals surface area (Å²) in [6.45, 7) is 3.81. The van der Waals surface area contributed by atoms with Gasteiger partial charge in [-0.1, -0.05) is 20.3 Å². The minimum Gasteiger partial charge on any atom is -0.476 e. The predicted octanol–water partition coefficient (Wildman–Crippen LogP) is 2.15. The van der Waals surface area contributed by atoms with Crippen LogP contribution < -0.4 is 5.32 Å². The number of aromatic carboxylic acids is 1. The van der Waals surface area contributed by atoms with Crippen molar-refractivity contribution in [2.24, 2.45) is 5.92 Å². The van der Waals surface area contributed by atoms with Gasteiger partial charge in [0.2, 0.25) is 5.91 Å². The largest absolute Gasteiger partial charge is 0.476 e. The zero-order valence-electron chi connectivity index (χ0n) is 9.93. The highest BCUT2D eigenvalue weighted by molar-refractivity contribution is 5.99. The van der Waals surface area contributed by atoms with E-state index in [1.807, 2.05) is 13.8 Å². The van der Waals surface area contributed by atoms with Crippen molar-refractivity contribution in [1.29, 1.82) is 0 Å². The molecular weight excluding hydrogens is 220 g/mol. The zero-order chi connectivity index (χ0) is 12.8. The molecule has 0 saturated heterocycles. The molecule has 1 atom stereocenters. The van der Waals surface area contributed by atoms with Crippen LogP contribution in [0.1, 0.15) is 37.2 Å². The Morgan fingerprint density at radius 2 is 2.24 bits per heavy atom. The fraction of sp³-hybridized carbons (Fsp3) is 0.417. The van der Waals surface area contributed by atoms with E-state index in [0.717, 1.165) is 12.8 Å². The Labute approximate surface area is 99.9 Å². The van der Waals surface area contributed by atoms with Crippen molar-refractivity contribution in [1.82, 2.24) is 4.98 Å². The lowest BCUT2D eigenvalue weighted by atomic mass is 10.1. The van der Waals surface area contributed by atoms with Gasteiger partial charge < -0.3 is 10.4 Å². The van der Waals surface area contributed by atoms with Crippen molar-refractivity contribution in [2.75, 3.05) is 5.32 Å². The maximum atomic E-state index is 11.7. The lowest BCUT2D eigenvalue weighted by Gasteiger charge is -2.12. The van der Waals surface area contributed by atoms with Crippen LogP contribution in [0.25, 0.3) is 0 Å². The number of carboxylic acid groups (broad SMARTS) is 1. The summed E-state index contributed by atoms with van der Waals surface area (Å²) in [5.41, 5.74) is 0.109. The molecule has 5 heteroatoms. The van der Waals surface area contributed by atoms with Crippen LogP contribution in [-0.4, -0.2) is 22.0 Å². The number of hydrogen-bond donors (Lipinski definition) is 2. The van der Waals surface area contributed by atoms with Crippen LogP contribution in [0.4, 0.5) is 5.69 Å². The number of carbonyl (C=O) groups is 2. The second-order valence-electron chi connectivity index (χ2n) is 3.88. The molecule has 5 nitrogen and oxygen atoms in total. The van der Waals surface area contributed by atoms with Gasteiger partial charge in [-0.05, 0) is 18.6 Å². The third-order valence-electron chi connectivity index (χ3n) is 2.44. The normalized spacial score (nSPS) is 11.9. The Kier molecular flexibility index (Phi) is 4.63. The smallest absolute Gasteiger partial charge is 0.356 e. The molecule has 0 aliphatic carbocycles. The average Bonchev–Trinajstić information content (AvgIpc) is 2.29. The Morgan fingerprint density at radius 3 is 2.82 bits per heavy atom. The zero-order valence-corrected chi connectivity index (χ0v) is 9.93. The van der Waals surface area contributed by atoms with Crippen molar-refractivity contribution in [3.05, 3.63) is 24.0 Å². The van der Waals surface area contributed by atoms with Crippen molar-refractivity contribution >= 4 is 17.6 Å². The molecule has 1 aromatic rings. The Hall–Kier alpha value is -1.91. The minimum atomic E-state index is -1.15. The van der Waals surface area contributed by atoms with Gasteiger partial charge in [0.25, 0.3) is 0 Å². The highest BCUT2D eigenvalue weighted by Crippen LogP contribution is 2.15. The SMILES string of the molecule is CCCC(C)C(=O)Nc1cccnc1C(=O)O. The number of pyridine rings is 1. The van der Waals surface area contributed by atoms with Crippen LogP contribution in [0, 0.1) is 5.92 Å². The average molecular weight is 236 g/mol. The molecule has 1 rings (SSSR count). The number of carboxylic acids is 1. The minimum absolute atomic E-state index is 0.135. The van der Waals surface area contributed by atoms with Crippen LogP contribution in [0.15, 0.2) is 18.3 Å². The molecule has 0 aromatic carbocycles. The number of carbonyl (C=O) groups excluding carboxylic acids is 1. The maximum Gasteiger partial charge on any atom is 0.356 e. The Balaban J connectivity index is 2.81. The number of amides is 1. The van der Waals surface area contributed by atoms with Crippen molar-refractivity contribution in [3.63, 3.8) is 0 Å². The molecule has 0 spiro atoms. The van der Waals surface area contributed by atoms with Gasteiger partial charge in [0.05, 0.1) is 5.69 Å². The van der Waals surface area contributed by atoms with Gasteiger partial charge >= 0.3 is 5.97 Å². The van der Waals surface area contributed by atoms with E-state index in [-0.39, 0.29) is 23.2 Å². The van der Waals surface area contributed by atoms with Crippen molar-refractivity contribution in [2.45, 2.75) is 26.7 Å². The van der Waals surface area contributed by atoms with Crippen molar-refractivity contribution < 1.29 is 14.7 Å². The van der Waals surface area contributed by atoms with E-state index in [9.17, 15) is 9.59 Å². The molecule has 17 heavy (non-hydrogen) atoms. The fourth-order valence-corrected chi connectivity index (χ4v) is 1.50. The molecule has 0 bridgehead atoms. The van der Waals surface area contributed by atoms with E-state index < -0.39 is 5.97 Å². The topological polar surface area (TPSA) is 79.3 Å². The molecule has 0 saturated carbocycles. The first-order chi connectivity index (χ1) is 8.06. The highest BCUT2D eigenvalue weighted by atomic mass is 16.4. The third kappa shape index (κ3) is 3.55. The number of rotatable bonds is 5. The number of anilines is 1. The van der Waals surface area contributed by atoms with Crippen LogP contribution in [0.2, 0.25) is 0 Å². The summed E-state index contributed by atoms with van der Waals surface area (Å²) in [6, 6.07) is 3.12. The molecule has 1 heterocycles. The maximum absolute atomic E-state index is 11.7. The molecular formula is C12H16N2O3. The van der Waals surface area contributed by atoms with Crippen LogP contribution in [-0.2, 0) is 4.79 Å². The van der Waals surface area contributed by atoms with Gasteiger partial charge in [0.1, 0.15) is 0 Å². The van der Waals surface area contributed by atoms with Gasteiger partial charge in [0.15, 0.2) is 5.69 Å². The standard InChI is InChI=1S/C12H16N2O3/c1-3-5-8(2)11(15)14-9-6-4-7-13-10(9)12(16)17/h4,6-8H,3,5H2,1-2H3,(H,14,15)(H,16,17). The van der Waals surface area contributed by atoms with E-state index in [1.54, 1.807) is 6.07 Å². The summed E-state index contributed by atoms with van der Waals surface area (Å²) in [4.78, 5) is 26.4. The first kappa shape index (κ1) is 13.2. The fourth-order valence-electron chi connectivity index (χ4n) is 1.50. The lowest BCUT2D eigenvalue weighted by molar-refractivity contribution is -0.119. The molecule has 2 N–H and O–H groups in total. The molecule has 1 amide bonds. The predicted molar refractivity (Wildman–Crippen MR) is 63.9 cm³/mol. The molecule has 0 radical (unpaired) electrons. The molecule has 0 fully saturated rings. The van der Waals surface area contributed by atoms with E-state index in [4.69, 9.17) is 5.11 Å². The summed E-state index contributed by atoms with van der Waals surface area (Å²) < 4.78 is 0. The first-order valence-corrected chi connectivity index (χ1v) is 5.55. The third-order valence-corrected chi connectivity index (χ3v) is 2.44. The molecule has 1 aromatic heterocycles. The molecule has 92 valence electrons. The number of aromatic nitrogens is 1. The second-order valence-corrected chi connectivity index (χ2v) is 3.88. The Morgan fingerprint density at radius 1 is 1.53 bits per heavy atom. The quantitative estimate of drug-likeness (QED) is 0.821. The molecule has 0 aliphatic heterocycles. The molecule has 0 aliphatic rings. The van der Waals surface area contributed by atoms with E-state index in [2.05, 4.69) is 10.3 Å². The highest BCUT2D eigenvalue weighted by Gasteiger charge is 2.16. The monoisotopic (exact) mass is 236 g/mol. The van der Waals surface area contributed by atoms with Crippen molar-refractivity contribution in [3.8, 4) is 0 Å². The summed E-state index contributed by atoms with van der Waals surface area (Å²) in [6.07, 6.45) is 3.07. The van der Waals surface area contributed by atoms with Crippen LogP contribution >= 0.6 is 0 Å². The van der Waals surface area contributed by atoms with E-state index in [1.165, 1.54) is 12.3 Å². The number of nitrogens with one attached hydrogen (secondary N) is 1. The number of hydrogen-bond acceptors (Lipinski definition) is 3.